The lowest BCUT2D eigenvalue weighted by Crippen LogP contribution is -2.42. The first-order valence-corrected chi connectivity index (χ1v) is 6.88. The van der Waals surface area contributed by atoms with Gasteiger partial charge in [-0.05, 0) is 35.9 Å². The van der Waals surface area contributed by atoms with Crippen LogP contribution in [0.3, 0.4) is 0 Å². The van der Waals surface area contributed by atoms with Gasteiger partial charge in [0.25, 0.3) is 5.91 Å². The summed E-state index contributed by atoms with van der Waals surface area (Å²) in [5.74, 6) is -1.20. The number of rotatable bonds is 3. The molecule has 23 heavy (non-hydrogen) atoms. The van der Waals surface area contributed by atoms with Gasteiger partial charge in [-0.25, -0.2) is 9.37 Å². The van der Waals surface area contributed by atoms with Crippen LogP contribution < -0.4 is 10.9 Å². The Labute approximate surface area is 130 Å². The molecular weight excluding hydrogens is 299 g/mol. The molecule has 0 atom stereocenters. The van der Waals surface area contributed by atoms with Crippen molar-refractivity contribution in [3.05, 3.63) is 65.7 Å². The van der Waals surface area contributed by atoms with Gasteiger partial charge in [0.2, 0.25) is 5.91 Å². The van der Waals surface area contributed by atoms with Crippen LogP contribution in [0.15, 0.2) is 48.8 Å². The normalized spacial score (nSPS) is 10.5. The Morgan fingerprint density at radius 3 is 2.65 bits per heavy atom. The fraction of sp³-hybridized carbons (Fsp3) is 0.0625. The number of nitrogens with zero attached hydrogens (tertiary/aromatic N) is 1. The molecule has 116 valence electrons. The summed E-state index contributed by atoms with van der Waals surface area (Å²) in [6.07, 6.45) is 1.58. The molecule has 0 aliphatic heterocycles. The quantitative estimate of drug-likeness (QED) is 0.643. The lowest BCUT2D eigenvalue weighted by Gasteiger charge is -2.07. The van der Waals surface area contributed by atoms with Gasteiger partial charge in [-0.15, -0.1) is 0 Å². The minimum absolute atomic E-state index is 0.0418. The van der Waals surface area contributed by atoms with Crippen LogP contribution >= 0.6 is 0 Å². The number of aromatic amines is 1. The van der Waals surface area contributed by atoms with E-state index in [0.717, 1.165) is 11.0 Å². The fourth-order valence-corrected chi connectivity index (χ4v) is 2.11. The molecule has 1 aromatic heterocycles. The number of nitrogens with one attached hydrogen (secondary N) is 3. The van der Waals surface area contributed by atoms with Crippen molar-refractivity contribution in [3.8, 4) is 0 Å². The molecule has 3 aromatic rings. The first-order valence-electron chi connectivity index (χ1n) is 6.88. The second-order valence-electron chi connectivity index (χ2n) is 4.94. The second-order valence-corrected chi connectivity index (χ2v) is 4.94. The Morgan fingerprint density at radius 1 is 1.09 bits per heavy atom. The first kappa shape index (κ1) is 14.7. The summed E-state index contributed by atoms with van der Waals surface area (Å²) in [7, 11) is 0. The Morgan fingerprint density at radius 2 is 1.87 bits per heavy atom. The summed E-state index contributed by atoms with van der Waals surface area (Å²) in [5.41, 5.74) is 7.19. The maximum absolute atomic E-state index is 12.8. The van der Waals surface area contributed by atoms with Crippen LogP contribution in [0, 0.1) is 5.82 Å². The fourth-order valence-electron chi connectivity index (χ4n) is 2.11. The van der Waals surface area contributed by atoms with Crippen LogP contribution in [0.2, 0.25) is 0 Å². The number of carbonyl (C=O) groups excluding carboxylic acids is 2. The van der Waals surface area contributed by atoms with Crippen molar-refractivity contribution >= 4 is 22.8 Å². The van der Waals surface area contributed by atoms with Crippen molar-refractivity contribution in [2.75, 3.05) is 0 Å². The molecule has 0 spiro atoms. The number of aromatic nitrogens is 2. The summed E-state index contributed by atoms with van der Waals surface area (Å²) in [6, 6.07) is 10.6. The molecule has 0 aliphatic rings. The van der Waals surface area contributed by atoms with E-state index in [1.54, 1.807) is 18.2 Å². The van der Waals surface area contributed by atoms with Crippen LogP contribution in [0.4, 0.5) is 4.39 Å². The molecule has 0 fully saturated rings. The van der Waals surface area contributed by atoms with Gasteiger partial charge in [0, 0.05) is 5.56 Å². The number of hydrogen-bond donors (Lipinski definition) is 3. The predicted octanol–water partition coefficient (Wildman–Crippen LogP) is 1.71. The van der Waals surface area contributed by atoms with E-state index < -0.39 is 11.8 Å². The Balaban J connectivity index is 1.57. The van der Waals surface area contributed by atoms with Crippen LogP contribution in [-0.2, 0) is 11.2 Å². The molecule has 2 amide bonds. The van der Waals surface area contributed by atoms with E-state index in [9.17, 15) is 14.0 Å². The zero-order valence-corrected chi connectivity index (χ0v) is 12.0. The summed E-state index contributed by atoms with van der Waals surface area (Å²) in [6.45, 7) is 0. The number of H-pyrrole nitrogens is 1. The van der Waals surface area contributed by atoms with Crippen molar-refractivity contribution in [2.24, 2.45) is 0 Å². The maximum Gasteiger partial charge on any atom is 0.269 e. The number of amides is 2. The Bertz CT molecular complexity index is 858. The number of benzene rings is 2. The highest BCUT2D eigenvalue weighted by Crippen LogP contribution is 2.11. The van der Waals surface area contributed by atoms with Crippen molar-refractivity contribution in [1.29, 1.82) is 0 Å². The van der Waals surface area contributed by atoms with Gasteiger partial charge in [0.05, 0.1) is 23.8 Å². The maximum atomic E-state index is 12.8. The van der Waals surface area contributed by atoms with E-state index in [1.807, 2.05) is 0 Å². The third-order valence-corrected chi connectivity index (χ3v) is 3.28. The number of imidazole rings is 1. The molecule has 0 saturated heterocycles. The van der Waals surface area contributed by atoms with Crippen molar-refractivity contribution in [2.45, 2.75) is 6.42 Å². The molecule has 6 nitrogen and oxygen atoms in total. The largest absolute Gasteiger partial charge is 0.345 e. The van der Waals surface area contributed by atoms with Gasteiger partial charge < -0.3 is 4.98 Å². The molecule has 0 saturated carbocycles. The Kier molecular flexibility index (Phi) is 4.01. The molecule has 0 bridgehead atoms. The SMILES string of the molecule is O=C(Cc1ccc(F)cc1)NNC(=O)c1ccc2nc[nH]c2c1. The molecule has 3 N–H and O–H groups in total. The summed E-state index contributed by atoms with van der Waals surface area (Å²) < 4.78 is 12.8. The van der Waals surface area contributed by atoms with E-state index in [2.05, 4.69) is 20.8 Å². The molecule has 1 heterocycles. The van der Waals surface area contributed by atoms with E-state index in [4.69, 9.17) is 0 Å². The topological polar surface area (TPSA) is 86.9 Å². The third-order valence-electron chi connectivity index (χ3n) is 3.28. The lowest BCUT2D eigenvalue weighted by atomic mass is 10.1. The van der Waals surface area contributed by atoms with Crippen LogP contribution in [0.1, 0.15) is 15.9 Å². The second kappa shape index (κ2) is 6.27. The Hall–Kier alpha value is -3.22. The van der Waals surface area contributed by atoms with E-state index >= 15 is 0 Å². The van der Waals surface area contributed by atoms with Crippen molar-refractivity contribution in [1.82, 2.24) is 20.8 Å². The first-order chi connectivity index (χ1) is 11.1. The van der Waals surface area contributed by atoms with Crippen LogP contribution in [-0.4, -0.2) is 21.8 Å². The van der Waals surface area contributed by atoms with Gasteiger partial charge in [-0.2, -0.15) is 0 Å². The highest BCUT2D eigenvalue weighted by molar-refractivity contribution is 5.98. The van der Waals surface area contributed by atoms with E-state index in [-0.39, 0.29) is 12.2 Å². The minimum atomic E-state index is -0.436. The predicted molar refractivity (Wildman–Crippen MR) is 81.8 cm³/mol. The van der Waals surface area contributed by atoms with Crippen molar-refractivity contribution < 1.29 is 14.0 Å². The number of halogens is 1. The monoisotopic (exact) mass is 312 g/mol. The van der Waals surface area contributed by atoms with Gasteiger partial charge in [0.1, 0.15) is 5.82 Å². The molecule has 3 rings (SSSR count). The summed E-state index contributed by atoms with van der Waals surface area (Å²) >= 11 is 0. The lowest BCUT2D eigenvalue weighted by molar-refractivity contribution is -0.121. The third kappa shape index (κ3) is 3.52. The van der Waals surface area contributed by atoms with Crippen molar-refractivity contribution in [3.63, 3.8) is 0 Å². The molecular formula is C16H13FN4O2. The van der Waals surface area contributed by atoms with Gasteiger partial charge in [-0.1, -0.05) is 12.1 Å². The number of hydrazine groups is 1. The van der Waals surface area contributed by atoms with E-state index in [0.29, 0.717) is 11.1 Å². The average molecular weight is 312 g/mol. The number of hydrogen-bond acceptors (Lipinski definition) is 3. The number of fused-ring (bicyclic) bond motifs is 1. The molecule has 0 unspecified atom stereocenters. The standard InChI is InChI=1S/C16H13FN4O2/c17-12-4-1-10(2-5-12)7-15(22)20-21-16(23)11-3-6-13-14(8-11)19-9-18-13/h1-6,8-9H,7H2,(H,18,19)(H,20,22)(H,21,23). The highest BCUT2D eigenvalue weighted by Gasteiger charge is 2.09. The highest BCUT2D eigenvalue weighted by atomic mass is 19.1. The van der Waals surface area contributed by atoms with Crippen LogP contribution in [0.25, 0.3) is 11.0 Å². The number of carbonyl (C=O) groups is 2. The molecule has 0 radical (unpaired) electrons. The zero-order valence-electron chi connectivity index (χ0n) is 12.0. The van der Waals surface area contributed by atoms with Gasteiger partial charge >= 0.3 is 0 Å². The minimum Gasteiger partial charge on any atom is -0.345 e. The molecule has 0 aliphatic carbocycles. The van der Waals surface area contributed by atoms with Gasteiger partial charge in [0.15, 0.2) is 0 Å². The zero-order chi connectivity index (χ0) is 16.2. The average Bonchev–Trinajstić information content (AvgIpc) is 3.02. The summed E-state index contributed by atoms with van der Waals surface area (Å²) in [5, 5.41) is 0. The van der Waals surface area contributed by atoms with Gasteiger partial charge in [-0.3, -0.25) is 20.4 Å². The molecule has 7 heteroatoms. The summed E-state index contributed by atoms with van der Waals surface area (Å²) in [4.78, 5) is 30.7. The smallest absolute Gasteiger partial charge is 0.269 e. The molecule has 2 aromatic carbocycles. The van der Waals surface area contributed by atoms with E-state index in [1.165, 1.54) is 30.6 Å². The van der Waals surface area contributed by atoms with Crippen LogP contribution in [0.5, 0.6) is 0 Å².